The molecule has 25 heavy (non-hydrogen) atoms. The van der Waals surface area contributed by atoms with Crippen LogP contribution in [0.15, 0.2) is 29.5 Å². The highest BCUT2D eigenvalue weighted by atomic mass is 127. The van der Waals surface area contributed by atoms with Crippen molar-refractivity contribution >= 4 is 41.3 Å². The maximum Gasteiger partial charge on any atom is 0.213 e. The topological polar surface area (TPSA) is 71.4 Å². The molecule has 0 saturated carbocycles. The lowest BCUT2D eigenvalue weighted by atomic mass is 10.3. The summed E-state index contributed by atoms with van der Waals surface area (Å²) in [5.41, 5.74) is 1.04. The number of aryl methyl sites for hydroxylation is 1. The van der Waals surface area contributed by atoms with E-state index in [1.54, 1.807) is 17.5 Å². The zero-order valence-electron chi connectivity index (χ0n) is 15.1. The van der Waals surface area contributed by atoms with Crippen molar-refractivity contribution in [1.82, 2.24) is 20.6 Å². The number of halogens is 1. The molecule has 0 aliphatic carbocycles. The maximum absolute atomic E-state index is 5.55. The van der Waals surface area contributed by atoms with E-state index in [9.17, 15) is 0 Å². The molecule has 0 saturated heterocycles. The van der Waals surface area contributed by atoms with Crippen molar-refractivity contribution < 1.29 is 4.74 Å². The minimum Gasteiger partial charge on any atom is -0.475 e. The first-order valence-electron chi connectivity index (χ1n) is 8.12. The minimum atomic E-state index is 0. The van der Waals surface area contributed by atoms with Crippen LogP contribution in [-0.4, -0.2) is 28.6 Å². The number of ether oxygens (including phenoxy) is 1. The summed E-state index contributed by atoms with van der Waals surface area (Å²) in [6.45, 7) is 10.1. The van der Waals surface area contributed by atoms with Gasteiger partial charge in [-0.25, -0.2) is 15.0 Å². The molecule has 2 aromatic heterocycles. The molecule has 0 spiro atoms. The molecule has 138 valence electrons. The highest BCUT2D eigenvalue weighted by Gasteiger charge is 2.03. The Kier molecular flexibility index (Phi) is 9.73. The number of guanidine groups is 1. The third-order valence-corrected chi connectivity index (χ3v) is 3.91. The first-order valence-corrected chi connectivity index (χ1v) is 8.93. The van der Waals surface area contributed by atoms with Gasteiger partial charge >= 0.3 is 0 Å². The first-order chi connectivity index (χ1) is 11.6. The van der Waals surface area contributed by atoms with E-state index in [1.807, 2.05) is 39.1 Å². The Balaban J connectivity index is 0.00000312. The third-order valence-electron chi connectivity index (χ3n) is 2.99. The SMILES string of the molecule is CCNC(=NCc1ccc(OC(C)C)nc1)NCc1ncc(C)s1.I. The number of pyridine rings is 1. The van der Waals surface area contributed by atoms with Crippen LogP contribution < -0.4 is 15.4 Å². The van der Waals surface area contributed by atoms with E-state index in [4.69, 9.17) is 4.74 Å². The van der Waals surface area contributed by atoms with Gasteiger partial charge in [0, 0.05) is 29.9 Å². The van der Waals surface area contributed by atoms with Gasteiger partial charge in [0.1, 0.15) is 5.01 Å². The van der Waals surface area contributed by atoms with Gasteiger partial charge in [-0.1, -0.05) is 6.07 Å². The average Bonchev–Trinajstić information content (AvgIpc) is 2.96. The number of aromatic nitrogens is 2. The van der Waals surface area contributed by atoms with Crippen molar-refractivity contribution in [3.63, 3.8) is 0 Å². The summed E-state index contributed by atoms with van der Waals surface area (Å²) in [7, 11) is 0. The molecule has 0 aliphatic heterocycles. The average molecular weight is 475 g/mol. The molecule has 6 nitrogen and oxygen atoms in total. The van der Waals surface area contributed by atoms with Crippen LogP contribution in [0.4, 0.5) is 0 Å². The quantitative estimate of drug-likeness (QED) is 0.365. The van der Waals surface area contributed by atoms with E-state index in [2.05, 4.69) is 32.5 Å². The lowest BCUT2D eigenvalue weighted by molar-refractivity contribution is 0.232. The Morgan fingerprint density at radius 1 is 1.24 bits per heavy atom. The van der Waals surface area contributed by atoms with Crippen molar-refractivity contribution in [3.05, 3.63) is 40.0 Å². The number of hydrogen-bond donors (Lipinski definition) is 2. The van der Waals surface area contributed by atoms with Crippen LogP contribution in [0.2, 0.25) is 0 Å². The first kappa shape index (κ1) is 21.6. The second-order valence-electron chi connectivity index (χ2n) is 5.58. The number of aliphatic imine (C=N–C) groups is 1. The fourth-order valence-corrected chi connectivity index (χ4v) is 2.70. The smallest absolute Gasteiger partial charge is 0.213 e. The van der Waals surface area contributed by atoms with Gasteiger partial charge in [0.05, 0.1) is 19.2 Å². The van der Waals surface area contributed by atoms with Gasteiger partial charge in [0.2, 0.25) is 5.88 Å². The van der Waals surface area contributed by atoms with Gasteiger partial charge in [-0.15, -0.1) is 35.3 Å². The van der Waals surface area contributed by atoms with Crippen molar-refractivity contribution in [2.45, 2.75) is 46.9 Å². The van der Waals surface area contributed by atoms with Gasteiger partial charge in [-0.05, 0) is 33.3 Å². The summed E-state index contributed by atoms with van der Waals surface area (Å²) in [6.07, 6.45) is 3.81. The number of hydrogen-bond acceptors (Lipinski definition) is 5. The van der Waals surface area contributed by atoms with Gasteiger partial charge in [-0.2, -0.15) is 0 Å². The maximum atomic E-state index is 5.55. The van der Waals surface area contributed by atoms with Crippen LogP contribution in [0.25, 0.3) is 0 Å². The molecule has 0 radical (unpaired) electrons. The van der Waals surface area contributed by atoms with E-state index in [0.29, 0.717) is 19.0 Å². The molecule has 0 unspecified atom stereocenters. The predicted molar refractivity (Wildman–Crippen MR) is 114 cm³/mol. The Morgan fingerprint density at radius 3 is 2.60 bits per heavy atom. The molecule has 0 bridgehead atoms. The Bertz CT molecular complexity index is 657. The number of nitrogens with zero attached hydrogens (tertiary/aromatic N) is 3. The molecule has 8 heteroatoms. The van der Waals surface area contributed by atoms with Crippen molar-refractivity contribution in [3.8, 4) is 5.88 Å². The van der Waals surface area contributed by atoms with Crippen LogP contribution in [0.1, 0.15) is 36.2 Å². The number of rotatable bonds is 7. The summed E-state index contributed by atoms with van der Waals surface area (Å²) in [5, 5.41) is 7.59. The van der Waals surface area contributed by atoms with Crippen LogP contribution >= 0.6 is 35.3 Å². The van der Waals surface area contributed by atoms with Crippen molar-refractivity contribution in [1.29, 1.82) is 0 Å². The molecule has 0 fully saturated rings. The molecule has 0 aliphatic rings. The molecule has 0 amide bonds. The Labute approximate surface area is 170 Å². The molecule has 2 aromatic rings. The fraction of sp³-hybridized carbons (Fsp3) is 0.471. The Morgan fingerprint density at radius 2 is 2.04 bits per heavy atom. The molecular formula is C17H26IN5OS. The Hall–Kier alpha value is -1.42. The summed E-state index contributed by atoms with van der Waals surface area (Å²) in [4.78, 5) is 14.4. The second kappa shape index (κ2) is 11.2. The van der Waals surface area contributed by atoms with Gasteiger partial charge < -0.3 is 15.4 Å². The largest absolute Gasteiger partial charge is 0.475 e. The lowest BCUT2D eigenvalue weighted by Crippen LogP contribution is -2.36. The molecule has 2 heterocycles. The molecule has 2 rings (SSSR count). The van der Waals surface area contributed by atoms with E-state index >= 15 is 0 Å². The summed E-state index contributed by atoms with van der Waals surface area (Å²) in [6, 6.07) is 3.87. The predicted octanol–water partition coefficient (Wildman–Crippen LogP) is 3.51. The second-order valence-corrected chi connectivity index (χ2v) is 6.90. The number of thiazole rings is 1. The van der Waals surface area contributed by atoms with Gasteiger partial charge in [0.25, 0.3) is 0 Å². The standard InChI is InChI=1S/C17H25N5OS.HI/c1-5-18-17(22-11-16-20-8-13(4)24-16)21-10-14-6-7-15(19-9-14)23-12(2)3;/h6-9,12H,5,10-11H2,1-4H3,(H2,18,21,22);1H. The molecule has 0 aromatic carbocycles. The molecule has 0 atom stereocenters. The van der Waals surface area contributed by atoms with Crippen LogP contribution in [-0.2, 0) is 13.1 Å². The minimum absolute atomic E-state index is 0. The van der Waals surface area contributed by atoms with Crippen LogP contribution in [0.3, 0.4) is 0 Å². The van der Waals surface area contributed by atoms with E-state index in [1.165, 1.54) is 4.88 Å². The highest BCUT2D eigenvalue weighted by Crippen LogP contribution is 2.11. The van der Waals surface area contributed by atoms with Crippen molar-refractivity contribution in [2.24, 2.45) is 4.99 Å². The summed E-state index contributed by atoms with van der Waals surface area (Å²) < 4.78 is 5.55. The lowest BCUT2D eigenvalue weighted by Gasteiger charge is -2.10. The zero-order valence-corrected chi connectivity index (χ0v) is 18.2. The van der Waals surface area contributed by atoms with E-state index in [-0.39, 0.29) is 30.1 Å². The van der Waals surface area contributed by atoms with E-state index < -0.39 is 0 Å². The number of nitrogens with one attached hydrogen (secondary N) is 2. The molecular weight excluding hydrogens is 449 g/mol. The normalized spacial score (nSPS) is 11.2. The highest BCUT2D eigenvalue weighted by molar-refractivity contribution is 14.0. The summed E-state index contributed by atoms with van der Waals surface area (Å²) >= 11 is 1.69. The van der Waals surface area contributed by atoms with E-state index in [0.717, 1.165) is 23.1 Å². The third kappa shape index (κ3) is 8.00. The van der Waals surface area contributed by atoms with Crippen LogP contribution in [0.5, 0.6) is 5.88 Å². The van der Waals surface area contributed by atoms with Gasteiger partial charge in [0.15, 0.2) is 5.96 Å². The molecule has 2 N–H and O–H groups in total. The van der Waals surface area contributed by atoms with Crippen molar-refractivity contribution in [2.75, 3.05) is 6.54 Å². The van der Waals surface area contributed by atoms with Crippen LogP contribution in [0, 0.1) is 6.92 Å². The zero-order chi connectivity index (χ0) is 17.4. The van der Waals surface area contributed by atoms with Gasteiger partial charge in [-0.3, -0.25) is 0 Å². The fourth-order valence-electron chi connectivity index (χ4n) is 1.97. The summed E-state index contributed by atoms with van der Waals surface area (Å²) in [5.74, 6) is 1.41. The monoisotopic (exact) mass is 475 g/mol.